The monoisotopic (exact) mass is 512 g/mol. The number of benzene rings is 2. The summed E-state index contributed by atoms with van der Waals surface area (Å²) in [4.78, 5) is 15.8. The van der Waals surface area contributed by atoms with Crippen LogP contribution < -0.4 is 4.72 Å². The smallest absolute Gasteiger partial charge is 0.309 e. The van der Waals surface area contributed by atoms with Crippen molar-refractivity contribution in [2.45, 2.75) is 38.0 Å². The Kier molecular flexibility index (Phi) is 8.83. The Morgan fingerprint density at radius 3 is 2.34 bits per heavy atom. The normalized spacial score (nSPS) is 12.5. The molecule has 1 heterocycles. The Hall–Kier alpha value is -3.00. The lowest BCUT2D eigenvalue weighted by atomic mass is 9.87. The zero-order chi connectivity index (χ0) is 25.5. The third-order valence-corrected chi connectivity index (χ3v) is 7.49. The molecule has 0 atom stereocenters. The average molecular weight is 513 g/mol. The molecule has 0 amide bonds. The molecule has 0 aliphatic carbocycles. The highest BCUT2D eigenvalue weighted by Crippen LogP contribution is 2.28. The van der Waals surface area contributed by atoms with E-state index < -0.39 is 21.4 Å². The van der Waals surface area contributed by atoms with Crippen molar-refractivity contribution in [2.75, 3.05) is 6.54 Å². The number of aliphatic carboxylic acids is 1. The molecule has 1 aromatic heterocycles. The number of carboxylic acids is 1. The van der Waals surface area contributed by atoms with Crippen LogP contribution in [0.15, 0.2) is 84.0 Å². The SMILES string of the molecule is CC(C)(CCC=C(c1ccc(CCNS(=O)(=O)c2ccc(Cl)cc2)cc1)c1cccnc1)C(=O)O. The first-order valence-electron chi connectivity index (χ1n) is 11.3. The van der Waals surface area contributed by atoms with Crippen LogP contribution in [0.3, 0.4) is 0 Å². The second-order valence-corrected chi connectivity index (χ2v) is 11.1. The van der Waals surface area contributed by atoms with Gasteiger partial charge in [0.25, 0.3) is 0 Å². The van der Waals surface area contributed by atoms with Crippen LogP contribution in [0.1, 0.15) is 43.4 Å². The van der Waals surface area contributed by atoms with Crippen LogP contribution >= 0.6 is 11.6 Å². The zero-order valence-corrected chi connectivity index (χ0v) is 21.3. The number of allylic oxidation sites excluding steroid dienone is 1. The average Bonchev–Trinajstić information content (AvgIpc) is 2.83. The maximum absolute atomic E-state index is 12.4. The maximum atomic E-state index is 12.4. The lowest BCUT2D eigenvalue weighted by Gasteiger charge is -2.18. The highest BCUT2D eigenvalue weighted by atomic mass is 35.5. The Labute approximate surface area is 211 Å². The van der Waals surface area contributed by atoms with Gasteiger partial charge in [-0.2, -0.15) is 0 Å². The van der Waals surface area contributed by atoms with Crippen molar-refractivity contribution in [3.63, 3.8) is 0 Å². The molecule has 0 saturated heterocycles. The first kappa shape index (κ1) is 26.6. The molecule has 3 rings (SSSR count). The van der Waals surface area contributed by atoms with E-state index in [1.807, 2.05) is 36.4 Å². The standard InChI is InChI=1S/C27H29ClN2O4S/c1-27(2,26(31)32)16-3-6-25(22-5-4-17-29-19-22)21-9-7-20(8-10-21)15-18-30-35(33,34)24-13-11-23(28)12-14-24/h4-14,17,19,30H,3,15-16,18H2,1-2H3,(H,31,32). The molecule has 2 N–H and O–H groups in total. The van der Waals surface area contributed by atoms with E-state index in [1.165, 1.54) is 12.1 Å². The van der Waals surface area contributed by atoms with Gasteiger partial charge in [0.15, 0.2) is 0 Å². The predicted molar refractivity (Wildman–Crippen MR) is 139 cm³/mol. The number of halogens is 1. The van der Waals surface area contributed by atoms with Crippen LogP contribution in [0.5, 0.6) is 0 Å². The lowest BCUT2D eigenvalue weighted by Crippen LogP contribution is -2.25. The second kappa shape index (κ2) is 11.6. The van der Waals surface area contributed by atoms with Gasteiger partial charge in [0, 0.05) is 29.5 Å². The minimum absolute atomic E-state index is 0.176. The lowest BCUT2D eigenvalue weighted by molar-refractivity contribution is -0.147. The van der Waals surface area contributed by atoms with Gasteiger partial charge in [-0.25, -0.2) is 13.1 Å². The van der Waals surface area contributed by atoms with Crippen LogP contribution in [0, 0.1) is 5.41 Å². The molecule has 0 radical (unpaired) electrons. The van der Waals surface area contributed by atoms with Crippen molar-refractivity contribution in [3.05, 3.63) is 101 Å². The molecule has 0 bridgehead atoms. The molecule has 0 saturated carbocycles. The van der Waals surface area contributed by atoms with Gasteiger partial charge in [0.05, 0.1) is 10.3 Å². The summed E-state index contributed by atoms with van der Waals surface area (Å²) >= 11 is 5.83. The fraction of sp³-hybridized carbons (Fsp3) is 0.259. The predicted octanol–water partition coefficient (Wildman–Crippen LogP) is 5.58. The number of nitrogens with zero attached hydrogens (tertiary/aromatic N) is 1. The van der Waals surface area contributed by atoms with Crippen molar-refractivity contribution in [1.29, 1.82) is 0 Å². The van der Waals surface area contributed by atoms with Crippen molar-refractivity contribution in [3.8, 4) is 0 Å². The minimum atomic E-state index is -3.60. The van der Waals surface area contributed by atoms with E-state index in [1.54, 1.807) is 38.4 Å². The van der Waals surface area contributed by atoms with Crippen molar-refractivity contribution >= 4 is 33.2 Å². The summed E-state index contributed by atoms with van der Waals surface area (Å²) < 4.78 is 27.5. The number of carbonyl (C=O) groups is 1. The summed E-state index contributed by atoms with van der Waals surface area (Å²) in [5, 5.41) is 9.87. The number of carboxylic acid groups (broad SMARTS) is 1. The number of hydrogen-bond acceptors (Lipinski definition) is 4. The summed E-state index contributed by atoms with van der Waals surface area (Å²) in [6.07, 6.45) is 7.20. The molecule has 6 nitrogen and oxygen atoms in total. The molecule has 8 heteroatoms. The van der Waals surface area contributed by atoms with E-state index in [0.29, 0.717) is 24.3 Å². The Bertz CT molecular complexity index is 1270. The van der Waals surface area contributed by atoms with Crippen molar-refractivity contribution in [1.82, 2.24) is 9.71 Å². The van der Waals surface area contributed by atoms with E-state index in [-0.39, 0.29) is 11.4 Å². The van der Waals surface area contributed by atoms with Crippen LogP contribution in [-0.2, 0) is 21.2 Å². The maximum Gasteiger partial charge on any atom is 0.309 e. The second-order valence-electron chi connectivity index (χ2n) is 8.89. The van der Waals surface area contributed by atoms with Gasteiger partial charge in [-0.15, -0.1) is 0 Å². The third-order valence-electron chi connectivity index (χ3n) is 5.76. The molecular formula is C27H29ClN2O4S. The Balaban J connectivity index is 1.69. The van der Waals surface area contributed by atoms with Gasteiger partial charge in [-0.05, 0) is 80.1 Å². The summed E-state index contributed by atoms with van der Waals surface area (Å²) in [5.74, 6) is -0.815. The number of aromatic nitrogens is 1. The van der Waals surface area contributed by atoms with Crippen molar-refractivity contribution in [2.24, 2.45) is 5.41 Å². The summed E-state index contributed by atoms with van der Waals surface area (Å²) in [6.45, 7) is 3.71. The van der Waals surface area contributed by atoms with E-state index in [4.69, 9.17) is 11.6 Å². The van der Waals surface area contributed by atoms with Crippen molar-refractivity contribution < 1.29 is 18.3 Å². The first-order chi connectivity index (χ1) is 16.6. The fourth-order valence-electron chi connectivity index (χ4n) is 3.49. The number of sulfonamides is 1. The molecule has 35 heavy (non-hydrogen) atoms. The molecule has 0 aliphatic rings. The van der Waals surface area contributed by atoms with E-state index in [0.717, 1.165) is 22.3 Å². The molecular weight excluding hydrogens is 484 g/mol. The topological polar surface area (TPSA) is 96.4 Å². The minimum Gasteiger partial charge on any atom is -0.481 e. The molecule has 0 spiro atoms. The van der Waals surface area contributed by atoms with Crippen LogP contribution in [0.2, 0.25) is 5.02 Å². The third kappa shape index (κ3) is 7.49. The summed E-state index contributed by atoms with van der Waals surface area (Å²) in [6, 6.07) is 17.8. The highest BCUT2D eigenvalue weighted by molar-refractivity contribution is 7.89. The summed E-state index contributed by atoms with van der Waals surface area (Å²) in [7, 11) is -3.60. The first-order valence-corrected chi connectivity index (χ1v) is 13.1. The van der Waals surface area contributed by atoms with Crippen LogP contribution in [0.25, 0.3) is 5.57 Å². The number of hydrogen-bond donors (Lipinski definition) is 2. The molecule has 0 fully saturated rings. The molecule has 0 unspecified atom stereocenters. The van der Waals surface area contributed by atoms with E-state index >= 15 is 0 Å². The zero-order valence-electron chi connectivity index (χ0n) is 19.7. The van der Waals surface area contributed by atoms with Crippen LogP contribution in [-0.4, -0.2) is 31.0 Å². The number of pyridine rings is 1. The van der Waals surface area contributed by atoms with Gasteiger partial charge in [0.1, 0.15) is 0 Å². The molecule has 3 aromatic rings. The molecule has 0 aliphatic heterocycles. The van der Waals surface area contributed by atoms with Gasteiger partial charge in [0.2, 0.25) is 10.0 Å². The summed E-state index contributed by atoms with van der Waals surface area (Å²) in [5.41, 5.74) is 3.10. The fourth-order valence-corrected chi connectivity index (χ4v) is 4.64. The molecule has 2 aromatic carbocycles. The Morgan fingerprint density at radius 2 is 1.74 bits per heavy atom. The quantitative estimate of drug-likeness (QED) is 0.349. The molecule has 184 valence electrons. The van der Waals surface area contributed by atoms with E-state index in [9.17, 15) is 18.3 Å². The van der Waals surface area contributed by atoms with Gasteiger partial charge in [-0.1, -0.05) is 48.0 Å². The van der Waals surface area contributed by atoms with Gasteiger partial charge >= 0.3 is 5.97 Å². The van der Waals surface area contributed by atoms with Gasteiger partial charge < -0.3 is 5.11 Å². The Morgan fingerprint density at radius 1 is 1.06 bits per heavy atom. The largest absolute Gasteiger partial charge is 0.481 e. The number of rotatable bonds is 11. The van der Waals surface area contributed by atoms with Crippen LogP contribution in [0.4, 0.5) is 0 Å². The highest BCUT2D eigenvalue weighted by Gasteiger charge is 2.26. The van der Waals surface area contributed by atoms with E-state index in [2.05, 4.69) is 15.8 Å². The number of nitrogens with one attached hydrogen (secondary N) is 1. The van der Waals surface area contributed by atoms with Gasteiger partial charge in [-0.3, -0.25) is 9.78 Å².